The molecule has 1 fully saturated rings. The highest BCUT2D eigenvalue weighted by atomic mass is 32.1. The predicted molar refractivity (Wildman–Crippen MR) is 96.2 cm³/mol. The van der Waals surface area contributed by atoms with E-state index in [1.165, 1.54) is 4.88 Å². The van der Waals surface area contributed by atoms with Crippen LogP contribution in [0.3, 0.4) is 0 Å². The lowest BCUT2D eigenvalue weighted by atomic mass is 9.98. The van der Waals surface area contributed by atoms with Crippen LogP contribution in [0.5, 0.6) is 0 Å². The van der Waals surface area contributed by atoms with Gasteiger partial charge in [-0.05, 0) is 25.8 Å². The van der Waals surface area contributed by atoms with Crippen molar-refractivity contribution in [2.45, 2.75) is 32.1 Å². The lowest BCUT2D eigenvalue weighted by Gasteiger charge is -2.32. The van der Waals surface area contributed by atoms with Gasteiger partial charge in [0.25, 0.3) is 0 Å². The Hall–Kier alpha value is -2.06. The van der Waals surface area contributed by atoms with Gasteiger partial charge in [0.2, 0.25) is 5.89 Å². The van der Waals surface area contributed by atoms with Crippen molar-refractivity contribution in [3.63, 3.8) is 0 Å². The van der Waals surface area contributed by atoms with Gasteiger partial charge in [-0.1, -0.05) is 5.16 Å². The average Bonchev–Trinajstić information content (AvgIpc) is 3.25. The number of rotatable bonds is 5. The maximum atomic E-state index is 5.50. The van der Waals surface area contributed by atoms with Gasteiger partial charge in [-0.25, -0.2) is 9.97 Å². The summed E-state index contributed by atoms with van der Waals surface area (Å²) >= 11 is 1.71. The molecule has 0 amide bonds. The summed E-state index contributed by atoms with van der Waals surface area (Å²) in [5.74, 6) is 2.69. The van der Waals surface area contributed by atoms with Crippen LogP contribution in [0.25, 0.3) is 10.2 Å². The van der Waals surface area contributed by atoms with Crippen molar-refractivity contribution < 1.29 is 9.26 Å². The van der Waals surface area contributed by atoms with Gasteiger partial charge in [0.05, 0.1) is 17.9 Å². The summed E-state index contributed by atoms with van der Waals surface area (Å²) in [6.07, 6.45) is 4.47. The molecule has 1 aliphatic rings. The van der Waals surface area contributed by atoms with E-state index in [1.54, 1.807) is 24.8 Å². The number of ether oxygens (including phenoxy) is 1. The topological polar surface area (TPSA) is 77.2 Å². The van der Waals surface area contributed by atoms with Crippen LogP contribution in [0.1, 0.15) is 35.4 Å². The third kappa shape index (κ3) is 3.36. The van der Waals surface area contributed by atoms with E-state index in [9.17, 15) is 0 Å². The van der Waals surface area contributed by atoms with Crippen molar-refractivity contribution >= 4 is 27.4 Å². The minimum absolute atomic E-state index is 0.238. The highest BCUT2D eigenvalue weighted by Crippen LogP contribution is 2.34. The summed E-state index contributed by atoms with van der Waals surface area (Å²) in [5.41, 5.74) is 0. The van der Waals surface area contributed by atoms with E-state index in [4.69, 9.17) is 9.26 Å². The van der Waals surface area contributed by atoms with Crippen molar-refractivity contribution in [2.24, 2.45) is 0 Å². The first-order chi connectivity index (χ1) is 12.2. The van der Waals surface area contributed by atoms with E-state index >= 15 is 0 Å². The zero-order valence-corrected chi connectivity index (χ0v) is 15.3. The number of aryl methyl sites for hydroxylation is 1. The van der Waals surface area contributed by atoms with Gasteiger partial charge in [0, 0.05) is 31.5 Å². The summed E-state index contributed by atoms with van der Waals surface area (Å²) in [5, 5.41) is 5.21. The molecule has 0 N–H and O–H groups in total. The number of methoxy groups -OCH3 is 1. The fourth-order valence-electron chi connectivity index (χ4n) is 3.31. The fraction of sp³-hybridized carbons (Fsp3) is 0.529. The van der Waals surface area contributed by atoms with Crippen molar-refractivity contribution in [3.8, 4) is 0 Å². The molecular formula is C17H21N5O2S. The van der Waals surface area contributed by atoms with Gasteiger partial charge in [-0.3, -0.25) is 0 Å². The Labute approximate surface area is 150 Å². The molecule has 1 atom stereocenters. The van der Waals surface area contributed by atoms with E-state index < -0.39 is 0 Å². The molecule has 1 aliphatic heterocycles. The smallest absolute Gasteiger partial charge is 0.231 e. The molecule has 3 aromatic heterocycles. The molecule has 25 heavy (non-hydrogen) atoms. The van der Waals surface area contributed by atoms with Crippen LogP contribution in [0, 0.1) is 6.92 Å². The summed E-state index contributed by atoms with van der Waals surface area (Å²) in [7, 11) is 1.68. The van der Waals surface area contributed by atoms with Crippen LogP contribution in [-0.2, 0) is 11.2 Å². The number of nitrogens with zero attached hydrogens (tertiary/aromatic N) is 5. The number of thiophene rings is 1. The Kier molecular flexibility index (Phi) is 4.63. The molecule has 4 rings (SSSR count). The standard InChI is InChI=1S/C17H21N5O2S/c1-11-8-13-15(18-10-19-17(13)25-11)22-6-3-4-12(9-22)16-20-14(21-24-16)5-7-23-2/h8,10,12H,3-7,9H2,1-2H3/t12-/m0/s1. The van der Waals surface area contributed by atoms with Gasteiger partial charge in [0.1, 0.15) is 17.0 Å². The Balaban J connectivity index is 1.55. The van der Waals surface area contributed by atoms with Crippen molar-refractivity contribution in [1.29, 1.82) is 0 Å². The molecule has 7 nitrogen and oxygen atoms in total. The largest absolute Gasteiger partial charge is 0.384 e. The lowest BCUT2D eigenvalue weighted by Crippen LogP contribution is -2.35. The van der Waals surface area contributed by atoms with E-state index in [1.807, 2.05) is 0 Å². The third-order valence-electron chi connectivity index (χ3n) is 4.52. The normalized spacial score (nSPS) is 18.2. The second kappa shape index (κ2) is 7.05. The zero-order valence-electron chi connectivity index (χ0n) is 14.4. The summed E-state index contributed by atoms with van der Waals surface area (Å²) in [6, 6.07) is 2.18. The number of piperidine rings is 1. The number of fused-ring (bicyclic) bond motifs is 1. The third-order valence-corrected chi connectivity index (χ3v) is 5.47. The summed E-state index contributed by atoms with van der Waals surface area (Å²) in [4.78, 5) is 18.1. The SMILES string of the molecule is COCCc1noc([C@H]2CCCN(c3ncnc4sc(C)cc34)C2)n1. The highest BCUT2D eigenvalue weighted by Gasteiger charge is 2.27. The molecule has 1 saturated heterocycles. The Morgan fingerprint density at radius 1 is 1.40 bits per heavy atom. The van der Waals surface area contributed by atoms with E-state index in [0.29, 0.717) is 18.9 Å². The molecule has 8 heteroatoms. The molecule has 0 aliphatic carbocycles. The first-order valence-corrected chi connectivity index (χ1v) is 9.33. The minimum Gasteiger partial charge on any atom is -0.384 e. The fourth-order valence-corrected chi connectivity index (χ4v) is 4.16. The second-order valence-corrected chi connectivity index (χ2v) is 7.58. The number of aromatic nitrogens is 4. The predicted octanol–water partition coefficient (Wildman–Crippen LogP) is 2.96. The molecule has 3 aromatic rings. The maximum Gasteiger partial charge on any atom is 0.231 e. The lowest BCUT2D eigenvalue weighted by molar-refractivity contribution is 0.199. The molecule has 0 radical (unpaired) electrons. The zero-order chi connectivity index (χ0) is 17.2. The van der Waals surface area contributed by atoms with Crippen molar-refractivity contribution in [3.05, 3.63) is 29.0 Å². The van der Waals surface area contributed by atoms with Gasteiger partial charge >= 0.3 is 0 Å². The van der Waals surface area contributed by atoms with Crippen molar-refractivity contribution in [1.82, 2.24) is 20.1 Å². The Morgan fingerprint density at radius 2 is 2.32 bits per heavy atom. The van der Waals surface area contributed by atoms with Gasteiger partial charge < -0.3 is 14.2 Å². The number of hydrogen-bond donors (Lipinski definition) is 0. The van der Waals surface area contributed by atoms with Gasteiger partial charge in [0.15, 0.2) is 5.82 Å². The Bertz CT molecular complexity index is 862. The quantitative estimate of drug-likeness (QED) is 0.693. The first-order valence-electron chi connectivity index (χ1n) is 8.52. The van der Waals surface area contributed by atoms with E-state index in [2.05, 4.69) is 38.0 Å². The van der Waals surface area contributed by atoms with Crippen LogP contribution in [0.2, 0.25) is 0 Å². The van der Waals surface area contributed by atoms with Crippen LogP contribution >= 0.6 is 11.3 Å². The molecule has 4 heterocycles. The summed E-state index contributed by atoms with van der Waals surface area (Å²) < 4.78 is 10.6. The number of hydrogen-bond acceptors (Lipinski definition) is 8. The molecule has 0 aromatic carbocycles. The molecule has 0 bridgehead atoms. The molecule has 0 saturated carbocycles. The Morgan fingerprint density at radius 3 is 3.20 bits per heavy atom. The van der Waals surface area contributed by atoms with E-state index in [0.717, 1.165) is 47.9 Å². The van der Waals surface area contributed by atoms with Crippen LogP contribution in [-0.4, -0.2) is 46.9 Å². The summed E-state index contributed by atoms with van der Waals surface area (Å²) in [6.45, 7) is 4.54. The van der Waals surface area contributed by atoms with Crippen LogP contribution in [0.15, 0.2) is 16.9 Å². The first kappa shape index (κ1) is 16.4. The average molecular weight is 359 g/mol. The van der Waals surface area contributed by atoms with Gasteiger partial charge in [-0.15, -0.1) is 11.3 Å². The second-order valence-electron chi connectivity index (χ2n) is 6.35. The van der Waals surface area contributed by atoms with Gasteiger partial charge in [-0.2, -0.15) is 4.98 Å². The molecule has 132 valence electrons. The van der Waals surface area contributed by atoms with Crippen LogP contribution < -0.4 is 4.90 Å². The van der Waals surface area contributed by atoms with Crippen molar-refractivity contribution in [2.75, 3.05) is 31.7 Å². The maximum absolute atomic E-state index is 5.50. The van der Waals surface area contributed by atoms with E-state index in [-0.39, 0.29) is 5.92 Å². The number of anilines is 1. The monoisotopic (exact) mass is 359 g/mol. The highest BCUT2D eigenvalue weighted by molar-refractivity contribution is 7.18. The molecule has 0 unspecified atom stereocenters. The molecular weight excluding hydrogens is 338 g/mol. The minimum atomic E-state index is 0.238. The molecule has 0 spiro atoms. The van der Waals surface area contributed by atoms with Crippen LogP contribution in [0.4, 0.5) is 5.82 Å².